The van der Waals surface area contributed by atoms with E-state index in [-0.39, 0.29) is 0 Å². The first-order chi connectivity index (χ1) is 9.53. The van der Waals surface area contributed by atoms with Gasteiger partial charge in [-0.1, -0.05) is 13.3 Å². The summed E-state index contributed by atoms with van der Waals surface area (Å²) in [6, 6.07) is 0. The lowest BCUT2D eigenvalue weighted by Crippen LogP contribution is -2.67. The first-order valence-electron chi connectivity index (χ1n) is 6.66. The first kappa shape index (κ1) is 17.9. The van der Waals surface area contributed by atoms with Gasteiger partial charge in [0.2, 0.25) is 5.54 Å². The van der Waals surface area contributed by atoms with E-state index in [1.54, 1.807) is 0 Å². The Morgan fingerprint density at radius 2 is 1.52 bits per heavy atom. The molecule has 1 aliphatic carbocycles. The fraction of sp³-hybridized carbons (Fsp3) is 0.917. The normalized spacial score (nSPS) is 18.4. The van der Waals surface area contributed by atoms with E-state index in [1.807, 2.05) is 0 Å². The van der Waals surface area contributed by atoms with E-state index in [0.29, 0.717) is 19.8 Å². The van der Waals surface area contributed by atoms with Gasteiger partial charge in [-0.15, -0.1) is 0 Å². The summed E-state index contributed by atoms with van der Waals surface area (Å²) in [6.45, 7) is 0.710. The van der Waals surface area contributed by atoms with Crippen molar-refractivity contribution in [2.75, 3.05) is 0 Å². The van der Waals surface area contributed by atoms with E-state index in [2.05, 4.69) is 4.74 Å². The molecule has 0 heterocycles. The molecule has 1 aliphatic rings. The maximum absolute atomic E-state index is 12.8. The Hall–Kier alpha value is -1.15. The molecule has 1 rings (SSSR count). The molecule has 1 amide bonds. The molecule has 0 bridgehead atoms. The van der Waals surface area contributed by atoms with Gasteiger partial charge in [0.05, 0.1) is 0 Å². The van der Waals surface area contributed by atoms with Crippen molar-refractivity contribution >= 4 is 6.09 Å². The number of ether oxygens (including phenoxy) is 1. The van der Waals surface area contributed by atoms with Crippen molar-refractivity contribution in [3.63, 3.8) is 0 Å². The van der Waals surface area contributed by atoms with E-state index < -0.39 is 36.5 Å². The second-order valence-electron chi connectivity index (χ2n) is 5.04. The van der Waals surface area contributed by atoms with Crippen LogP contribution in [0.3, 0.4) is 0 Å². The van der Waals surface area contributed by atoms with Crippen molar-refractivity contribution in [2.24, 2.45) is 0 Å². The third kappa shape index (κ3) is 3.94. The number of amides is 1. The number of halogens is 6. The average Bonchev–Trinajstić information content (AvgIpc) is 2.34. The van der Waals surface area contributed by atoms with Crippen molar-refractivity contribution in [3.8, 4) is 0 Å². The van der Waals surface area contributed by atoms with E-state index in [0.717, 1.165) is 24.6 Å². The van der Waals surface area contributed by atoms with Crippen molar-refractivity contribution in [3.05, 3.63) is 0 Å². The van der Waals surface area contributed by atoms with Gasteiger partial charge < -0.3 is 4.74 Å². The zero-order valence-corrected chi connectivity index (χ0v) is 11.4. The predicted molar refractivity (Wildman–Crippen MR) is 61.6 cm³/mol. The Labute approximate surface area is 118 Å². The topological polar surface area (TPSA) is 38.3 Å². The Morgan fingerprint density at radius 3 is 1.90 bits per heavy atom. The summed E-state index contributed by atoms with van der Waals surface area (Å²) in [5.41, 5.74) is -4.29. The molecule has 0 saturated heterocycles. The van der Waals surface area contributed by atoms with Crippen LogP contribution < -0.4 is 5.32 Å². The highest BCUT2D eigenvalue weighted by Crippen LogP contribution is 2.45. The summed E-state index contributed by atoms with van der Waals surface area (Å²) in [4.78, 5) is 11.4. The van der Waals surface area contributed by atoms with Crippen LogP contribution in [0.4, 0.5) is 31.1 Å². The van der Waals surface area contributed by atoms with E-state index >= 15 is 0 Å². The minimum absolute atomic E-state index is 0.449. The van der Waals surface area contributed by atoms with Gasteiger partial charge in [-0.3, -0.25) is 5.32 Å². The molecule has 21 heavy (non-hydrogen) atoms. The lowest BCUT2D eigenvalue weighted by molar-refractivity contribution is -0.305. The van der Waals surface area contributed by atoms with Crippen LogP contribution in [0.5, 0.6) is 0 Å². The molecule has 1 N–H and O–H groups in total. The Kier molecular flexibility index (Phi) is 5.38. The van der Waals surface area contributed by atoms with E-state index in [1.165, 1.54) is 0 Å². The monoisotopic (exact) mass is 321 g/mol. The van der Waals surface area contributed by atoms with Gasteiger partial charge in [0.1, 0.15) is 6.10 Å². The predicted octanol–water partition coefficient (Wildman–Crippen LogP) is 4.32. The molecule has 1 saturated carbocycles. The Balaban J connectivity index is 2.83. The molecular weight excluding hydrogens is 304 g/mol. The van der Waals surface area contributed by atoms with Crippen molar-refractivity contribution in [2.45, 2.75) is 69.4 Å². The summed E-state index contributed by atoms with van der Waals surface area (Å²) in [6.07, 6.45) is -11.7. The van der Waals surface area contributed by atoms with Crippen LogP contribution in [0, 0.1) is 0 Å². The molecule has 0 aromatic carbocycles. The molecule has 0 spiro atoms. The van der Waals surface area contributed by atoms with Gasteiger partial charge in [-0.25, -0.2) is 4.79 Å². The van der Waals surface area contributed by atoms with Crippen LogP contribution in [0.15, 0.2) is 0 Å². The molecule has 0 aliphatic heterocycles. The molecule has 124 valence electrons. The fourth-order valence-electron chi connectivity index (χ4n) is 2.33. The van der Waals surface area contributed by atoms with Crippen molar-refractivity contribution in [1.82, 2.24) is 5.32 Å². The molecular formula is C12H17F6NO2. The second kappa shape index (κ2) is 6.31. The first-order valence-corrected chi connectivity index (χ1v) is 6.66. The molecule has 9 heteroatoms. The third-order valence-electron chi connectivity index (χ3n) is 3.64. The summed E-state index contributed by atoms with van der Waals surface area (Å²) in [5.74, 6) is 0. The number of nitrogens with one attached hydrogen (secondary N) is 1. The Bertz CT molecular complexity index is 346. The number of hydrogen-bond donors (Lipinski definition) is 1. The number of carbonyl (C=O) groups excluding carboxylic acids is 1. The van der Waals surface area contributed by atoms with E-state index in [4.69, 9.17) is 0 Å². The van der Waals surface area contributed by atoms with Crippen LogP contribution >= 0.6 is 0 Å². The lowest BCUT2D eigenvalue weighted by atomic mass is 9.94. The zero-order chi connectivity index (χ0) is 16.3. The molecule has 0 aromatic rings. The van der Waals surface area contributed by atoms with Gasteiger partial charge in [0.15, 0.2) is 0 Å². The average molecular weight is 321 g/mol. The maximum Gasteiger partial charge on any atom is 0.420 e. The lowest BCUT2D eigenvalue weighted by Gasteiger charge is -2.37. The van der Waals surface area contributed by atoms with Crippen LogP contribution in [-0.4, -0.2) is 30.1 Å². The number of rotatable bonds is 3. The summed E-state index contributed by atoms with van der Waals surface area (Å²) in [5, 5.41) is 0.996. The van der Waals surface area contributed by atoms with Crippen LogP contribution in [0.1, 0.15) is 45.4 Å². The minimum Gasteiger partial charge on any atom is -0.446 e. The van der Waals surface area contributed by atoms with Crippen LogP contribution in [0.2, 0.25) is 0 Å². The van der Waals surface area contributed by atoms with Gasteiger partial charge in [0, 0.05) is 0 Å². The SMILES string of the molecule is CCC(NC(=O)OC1CCCCC1)(C(F)(F)F)C(F)(F)F. The summed E-state index contributed by atoms with van der Waals surface area (Å²) >= 11 is 0. The summed E-state index contributed by atoms with van der Waals surface area (Å²) in [7, 11) is 0. The van der Waals surface area contributed by atoms with Gasteiger partial charge in [0.25, 0.3) is 0 Å². The molecule has 3 nitrogen and oxygen atoms in total. The maximum atomic E-state index is 12.8. The molecule has 0 atom stereocenters. The third-order valence-corrected chi connectivity index (χ3v) is 3.64. The molecule has 0 aromatic heterocycles. The van der Waals surface area contributed by atoms with Crippen molar-refractivity contribution in [1.29, 1.82) is 0 Å². The van der Waals surface area contributed by atoms with Gasteiger partial charge >= 0.3 is 18.4 Å². The standard InChI is InChI=1S/C12H17F6NO2/c1-2-10(11(13,14)15,12(16,17)18)19-9(20)21-8-6-4-3-5-7-8/h8H,2-7H2,1H3,(H,19,20). The van der Waals surface area contributed by atoms with E-state index in [9.17, 15) is 31.1 Å². The minimum atomic E-state index is -5.66. The smallest absolute Gasteiger partial charge is 0.420 e. The van der Waals surface area contributed by atoms with Gasteiger partial charge in [-0.05, 0) is 32.1 Å². The Morgan fingerprint density at radius 1 is 1.05 bits per heavy atom. The highest BCUT2D eigenvalue weighted by atomic mass is 19.4. The van der Waals surface area contributed by atoms with Crippen molar-refractivity contribution < 1.29 is 35.9 Å². The van der Waals surface area contributed by atoms with Gasteiger partial charge in [-0.2, -0.15) is 26.3 Å². The summed E-state index contributed by atoms with van der Waals surface area (Å²) < 4.78 is 81.6. The molecule has 1 fully saturated rings. The quantitative estimate of drug-likeness (QED) is 0.786. The number of carbonyl (C=O) groups is 1. The number of hydrogen-bond acceptors (Lipinski definition) is 2. The highest BCUT2D eigenvalue weighted by Gasteiger charge is 2.71. The van der Waals surface area contributed by atoms with Crippen LogP contribution in [-0.2, 0) is 4.74 Å². The number of alkyl halides is 6. The highest BCUT2D eigenvalue weighted by molar-refractivity contribution is 5.69. The molecule has 0 radical (unpaired) electrons. The van der Waals surface area contributed by atoms with Crippen LogP contribution in [0.25, 0.3) is 0 Å². The largest absolute Gasteiger partial charge is 0.446 e. The fourth-order valence-corrected chi connectivity index (χ4v) is 2.33. The number of alkyl carbamates (subject to hydrolysis) is 1. The molecule has 0 unspecified atom stereocenters. The second-order valence-corrected chi connectivity index (χ2v) is 5.04. The zero-order valence-electron chi connectivity index (χ0n) is 11.4.